The number of aromatic nitrogens is 4. The van der Waals surface area contributed by atoms with Crippen molar-refractivity contribution in [2.75, 3.05) is 0 Å². The molecule has 0 bridgehead atoms. The molecule has 0 aliphatic heterocycles. The molecule has 0 fully saturated rings. The first-order chi connectivity index (χ1) is 21.7. The van der Waals surface area contributed by atoms with Crippen molar-refractivity contribution in [3.8, 4) is 51.0 Å². The van der Waals surface area contributed by atoms with Crippen LogP contribution in [0, 0.1) is 0 Å². The second-order valence-corrected chi connectivity index (χ2v) is 11.7. The average Bonchev–Trinajstić information content (AvgIpc) is 3.43. The van der Waals surface area contributed by atoms with Gasteiger partial charge in [0.1, 0.15) is 0 Å². The third-order valence-electron chi connectivity index (χ3n) is 7.97. The molecule has 0 amide bonds. The van der Waals surface area contributed by atoms with Crippen molar-refractivity contribution in [3.05, 3.63) is 152 Å². The van der Waals surface area contributed by atoms with Gasteiger partial charge in [0.25, 0.3) is 0 Å². The topological polar surface area (TPSA) is 43.6 Å². The monoisotopic (exact) mass is 630 g/mol. The zero-order valence-electron chi connectivity index (χ0n) is 23.7. The van der Waals surface area contributed by atoms with Gasteiger partial charge in [0.05, 0.1) is 0 Å². The first-order valence-corrected chi connectivity index (χ1v) is 15.5. The second-order valence-electron chi connectivity index (χ2n) is 10.7. The summed E-state index contributed by atoms with van der Waals surface area (Å²) in [6.07, 6.45) is 0. The van der Waals surface area contributed by atoms with Crippen LogP contribution in [0.2, 0.25) is 0 Å². The summed E-state index contributed by atoms with van der Waals surface area (Å²) in [6, 6.07) is 52.5. The molecule has 5 heteroatoms. The van der Waals surface area contributed by atoms with Gasteiger partial charge in [-0.3, -0.25) is 0 Å². The molecule has 2 aromatic heterocycles. The molecule has 208 valence electrons. The molecule has 44 heavy (non-hydrogen) atoms. The molecule has 0 spiro atoms. The van der Waals surface area contributed by atoms with E-state index in [0.717, 1.165) is 48.5 Å². The van der Waals surface area contributed by atoms with Crippen molar-refractivity contribution in [1.29, 1.82) is 0 Å². The van der Waals surface area contributed by atoms with Gasteiger partial charge in [0.2, 0.25) is 0 Å². The van der Waals surface area contributed by atoms with E-state index in [1.54, 1.807) is 0 Å². The summed E-state index contributed by atoms with van der Waals surface area (Å²) < 4.78 is 3.34. The Morgan fingerprint density at radius 3 is 1.82 bits per heavy atom. The average molecular weight is 630 g/mol. The van der Waals surface area contributed by atoms with E-state index in [9.17, 15) is 0 Å². The molecule has 0 atom stereocenters. The molecule has 8 aromatic rings. The minimum atomic E-state index is 0.586. The molecule has 4 nitrogen and oxygen atoms in total. The Labute approximate surface area is 263 Å². The van der Waals surface area contributed by atoms with Crippen LogP contribution in [0.15, 0.2) is 152 Å². The van der Waals surface area contributed by atoms with Crippen molar-refractivity contribution < 1.29 is 0 Å². The van der Waals surface area contributed by atoms with Gasteiger partial charge in [-0.05, 0) is 5.56 Å². The van der Waals surface area contributed by atoms with Crippen LogP contribution in [0.3, 0.4) is 0 Å². The SMILES string of the molecule is [SeH]c1ccccc1-c1cccc(-c2nc(-c3ccccc3)nc(-n3c4ccccc4c4ccc(-c5ccccc5)cc43)n2)c1. The first-order valence-electron chi connectivity index (χ1n) is 14.5. The molecule has 0 aliphatic carbocycles. The molecule has 0 radical (unpaired) electrons. The summed E-state index contributed by atoms with van der Waals surface area (Å²) in [5.74, 6) is 1.85. The molecule has 0 aliphatic rings. The van der Waals surface area contributed by atoms with Gasteiger partial charge in [-0.1, -0.05) is 42.5 Å². The maximum absolute atomic E-state index is 5.17. The molecule has 0 unspecified atom stereocenters. The van der Waals surface area contributed by atoms with Gasteiger partial charge in [-0.15, -0.1) is 0 Å². The molecular weight excluding hydrogens is 603 g/mol. The predicted molar refractivity (Wildman–Crippen MR) is 183 cm³/mol. The predicted octanol–water partition coefficient (Wildman–Crippen LogP) is 8.16. The minimum absolute atomic E-state index is 0.586. The summed E-state index contributed by atoms with van der Waals surface area (Å²) in [5.41, 5.74) is 8.57. The van der Waals surface area contributed by atoms with E-state index >= 15 is 0 Å². The van der Waals surface area contributed by atoms with Gasteiger partial charge in [0, 0.05) is 0 Å². The Morgan fingerprint density at radius 2 is 1.02 bits per heavy atom. The molecule has 0 saturated heterocycles. The summed E-state index contributed by atoms with van der Waals surface area (Å²) in [6.45, 7) is 0. The van der Waals surface area contributed by atoms with Crippen LogP contribution < -0.4 is 4.46 Å². The van der Waals surface area contributed by atoms with Gasteiger partial charge >= 0.3 is 216 Å². The number of hydrogen-bond donors (Lipinski definition) is 0. The van der Waals surface area contributed by atoms with Crippen LogP contribution in [-0.4, -0.2) is 35.5 Å². The van der Waals surface area contributed by atoms with Crippen LogP contribution in [0.25, 0.3) is 72.8 Å². The van der Waals surface area contributed by atoms with Gasteiger partial charge in [-0.25, -0.2) is 0 Å². The Hall–Kier alpha value is -5.35. The Morgan fingerprint density at radius 1 is 0.409 bits per heavy atom. The summed E-state index contributed by atoms with van der Waals surface area (Å²) in [7, 11) is 0. The zero-order valence-corrected chi connectivity index (χ0v) is 25.5. The van der Waals surface area contributed by atoms with E-state index < -0.39 is 0 Å². The molecule has 6 aromatic carbocycles. The molecule has 0 N–H and O–H groups in total. The summed E-state index contributed by atoms with van der Waals surface area (Å²) >= 11 is 2.67. The van der Waals surface area contributed by atoms with Crippen LogP contribution in [-0.2, 0) is 0 Å². The van der Waals surface area contributed by atoms with E-state index in [-0.39, 0.29) is 0 Å². The number of nitrogens with zero attached hydrogens (tertiary/aromatic N) is 4. The molecule has 2 heterocycles. The number of hydrogen-bond acceptors (Lipinski definition) is 3. The first kappa shape index (κ1) is 26.3. The van der Waals surface area contributed by atoms with Gasteiger partial charge in [-0.2, -0.15) is 0 Å². The number of benzene rings is 6. The van der Waals surface area contributed by atoms with E-state index in [2.05, 4.69) is 136 Å². The maximum atomic E-state index is 5.17. The van der Waals surface area contributed by atoms with Crippen molar-refractivity contribution in [2.24, 2.45) is 0 Å². The van der Waals surface area contributed by atoms with Crippen molar-refractivity contribution in [2.45, 2.75) is 0 Å². The fraction of sp³-hybridized carbons (Fsp3) is 0. The Balaban J connectivity index is 1.39. The molecular formula is C39H26N4Se. The van der Waals surface area contributed by atoms with Crippen molar-refractivity contribution in [1.82, 2.24) is 19.5 Å². The van der Waals surface area contributed by atoms with E-state index in [1.165, 1.54) is 11.1 Å². The van der Waals surface area contributed by atoms with Crippen LogP contribution in [0.4, 0.5) is 0 Å². The van der Waals surface area contributed by atoms with E-state index in [0.29, 0.717) is 17.6 Å². The van der Waals surface area contributed by atoms with Crippen molar-refractivity contribution in [3.63, 3.8) is 0 Å². The standard InChI is InChI=1S/C39H26N4Se/c44-36-21-10-8-18-31(36)29-16-11-17-30(24-29)38-40-37(27-14-5-2-6-15-27)41-39(42-38)43-34-20-9-7-19-32(34)33-23-22-28(25-35(33)43)26-12-3-1-4-13-26/h1-25,44H. The third-order valence-corrected chi connectivity index (χ3v) is 8.79. The van der Waals surface area contributed by atoms with Gasteiger partial charge < -0.3 is 0 Å². The Kier molecular flexibility index (Phi) is 6.60. The zero-order chi connectivity index (χ0) is 29.5. The number of fused-ring (bicyclic) bond motifs is 3. The van der Waals surface area contributed by atoms with Crippen LogP contribution in [0.1, 0.15) is 0 Å². The molecule has 8 rings (SSSR count). The van der Waals surface area contributed by atoms with Crippen molar-refractivity contribution >= 4 is 42.3 Å². The van der Waals surface area contributed by atoms with E-state index in [1.807, 2.05) is 36.4 Å². The number of rotatable bonds is 5. The fourth-order valence-corrected chi connectivity index (χ4v) is 6.46. The quantitative estimate of drug-likeness (QED) is 0.181. The summed E-state index contributed by atoms with van der Waals surface area (Å²) in [4.78, 5) is 15.3. The van der Waals surface area contributed by atoms with Gasteiger partial charge in [0.15, 0.2) is 0 Å². The fourth-order valence-electron chi connectivity index (χ4n) is 5.85. The normalized spacial score (nSPS) is 11.3. The van der Waals surface area contributed by atoms with E-state index in [4.69, 9.17) is 15.0 Å². The van der Waals surface area contributed by atoms with Crippen LogP contribution in [0.5, 0.6) is 0 Å². The Bertz CT molecular complexity index is 2290. The molecule has 0 saturated carbocycles. The second kappa shape index (κ2) is 11.1. The summed E-state index contributed by atoms with van der Waals surface area (Å²) in [5, 5.41) is 2.31. The van der Waals surface area contributed by atoms with Crippen LogP contribution >= 0.6 is 0 Å². The third kappa shape index (κ3) is 4.69. The number of para-hydroxylation sites is 1.